The SMILES string of the molecule is [O-]c1ccccc1.[O-]c1ccccc1.[O-]c1ccccc1.[Sc+3]. The van der Waals surface area contributed by atoms with Crippen LogP contribution in [-0.4, -0.2) is 0 Å². The summed E-state index contributed by atoms with van der Waals surface area (Å²) in [5, 5.41) is 30.8. The molecule has 3 rings (SSSR count). The van der Waals surface area contributed by atoms with Gasteiger partial charge in [-0.05, 0) is 0 Å². The van der Waals surface area contributed by atoms with Crippen LogP contribution in [0.25, 0.3) is 0 Å². The fourth-order valence-corrected chi connectivity index (χ4v) is 1.26. The van der Waals surface area contributed by atoms with E-state index in [4.69, 9.17) is 0 Å². The van der Waals surface area contributed by atoms with E-state index in [-0.39, 0.29) is 43.1 Å². The number of hydrogen-bond acceptors (Lipinski definition) is 3. The quantitative estimate of drug-likeness (QED) is 0.637. The van der Waals surface area contributed by atoms with Gasteiger partial charge in [0.1, 0.15) is 0 Å². The van der Waals surface area contributed by atoms with Crippen molar-refractivity contribution < 1.29 is 41.2 Å². The minimum Gasteiger partial charge on any atom is -0.872 e. The predicted molar refractivity (Wildman–Crippen MR) is 77.7 cm³/mol. The minimum absolute atomic E-state index is 0. The van der Waals surface area contributed by atoms with Crippen molar-refractivity contribution in [2.45, 2.75) is 0 Å². The zero-order valence-corrected chi connectivity index (χ0v) is 13.8. The van der Waals surface area contributed by atoms with Gasteiger partial charge >= 0.3 is 25.8 Å². The first kappa shape index (κ1) is 19.9. The van der Waals surface area contributed by atoms with Gasteiger partial charge in [0.05, 0.1) is 0 Å². The van der Waals surface area contributed by atoms with Crippen LogP contribution < -0.4 is 15.3 Å². The first-order valence-corrected chi connectivity index (χ1v) is 6.34. The summed E-state index contributed by atoms with van der Waals surface area (Å²) >= 11 is 0. The molecule has 0 aromatic heterocycles. The van der Waals surface area contributed by atoms with E-state index in [1.807, 2.05) is 18.2 Å². The molecule has 0 fully saturated rings. The van der Waals surface area contributed by atoms with Gasteiger partial charge in [-0.2, -0.15) is 0 Å². The second-order valence-electron chi connectivity index (χ2n) is 3.94. The average molecular weight is 324 g/mol. The van der Waals surface area contributed by atoms with Gasteiger partial charge in [-0.1, -0.05) is 91.0 Å². The third-order valence-electron chi connectivity index (χ3n) is 2.23. The number of rotatable bonds is 0. The maximum absolute atomic E-state index is 10.3. The van der Waals surface area contributed by atoms with Gasteiger partial charge in [-0.25, -0.2) is 0 Å². The first-order valence-electron chi connectivity index (χ1n) is 6.34. The molecule has 4 heteroatoms. The normalized spacial score (nSPS) is 8.18. The third-order valence-corrected chi connectivity index (χ3v) is 2.23. The zero-order chi connectivity index (χ0) is 15.3. The molecule has 108 valence electrons. The van der Waals surface area contributed by atoms with E-state index in [9.17, 15) is 15.3 Å². The second-order valence-corrected chi connectivity index (χ2v) is 3.94. The molecule has 0 unspecified atom stereocenters. The van der Waals surface area contributed by atoms with Crippen LogP contribution in [0.2, 0.25) is 0 Å². The van der Waals surface area contributed by atoms with Gasteiger partial charge in [0.25, 0.3) is 0 Å². The molecule has 0 saturated carbocycles. The fraction of sp³-hybridized carbons (Fsp3) is 0. The van der Waals surface area contributed by atoms with E-state index in [1.54, 1.807) is 36.4 Å². The van der Waals surface area contributed by atoms with Gasteiger partial charge in [-0.15, -0.1) is 17.2 Å². The molecular formula is C18H15O3Sc. The summed E-state index contributed by atoms with van der Waals surface area (Å²) in [5.41, 5.74) is 0. The van der Waals surface area contributed by atoms with Crippen LogP contribution in [0.3, 0.4) is 0 Å². The monoisotopic (exact) mass is 324 g/mol. The van der Waals surface area contributed by atoms with E-state index in [2.05, 4.69) is 0 Å². The molecule has 0 aliphatic carbocycles. The van der Waals surface area contributed by atoms with Crippen LogP contribution in [-0.2, 0) is 25.8 Å². The Bertz CT molecular complexity index is 497. The summed E-state index contributed by atoms with van der Waals surface area (Å²) in [5.74, 6) is 0.215. The van der Waals surface area contributed by atoms with Crippen LogP contribution in [0.4, 0.5) is 0 Å². The van der Waals surface area contributed by atoms with Crippen LogP contribution in [0.1, 0.15) is 0 Å². The maximum atomic E-state index is 10.3. The Morgan fingerprint density at radius 2 is 0.545 bits per heavy atom. The van der Waals surface area contributed by atoms with Crippen LogP contribution >= 0.6 is 0 Å². The molecule has 0 heterocycles. The molecule has 22 heavy (non-hydrogen) atoms. The van der Waals surface area contributed by atoms with Crippen LogP contribution in [0.5, 0.6) is 17.2 Å². The van der Waals surface area contributed by atoms with E-state index in [1.165, 1.54) is 36.4 Å². The standard InChI is InChI=1S/3C6H6O.Sc/c3*7-6-4-2-1-3-5-6;/h3*1-5,7H;/q;;;+3/p-3. The van der Waals surface area contributed by atoms with E-state index in [0.717, 1.165) is 0 Å². The van der Waals surface area contributed by atoms with Crippen molar-refractivity contribution in [2.75, 3.05) is 0 Å². The van der Waals surface area contributed by atoms with E-state index < -0.39 is 0 Å². The second kappa shape index (κ2) is 12.7. The van der Waals surface area contributed by atoms with Crippen LogP contribution in [0, 0.1) is 0 Å². The van der Waals surface area contributed by atoms with Crippen LogP contribution in [0.15, 0.2) is 91.0 Å². The molecule has 0 saturated heterocycles. The predicted octanol–water partition coefficient (Wildman–Crippen LogP) is 2.28. The minimum atomic E-state index is 0. The largest absolute Gasteiger partial charge is 3.00 e. The Balaban J connectivity index is 0.000000294. The smallest absolute Gasteiger partial charge is 0.872 e. The van der Waals surface area contributed by atoms with Crippen molar-refractivity contribution in [2.24, 2.45) is 0 Å². The Kier molecular flexibility index (Phi) is 11.5. The van der Waals surface area contributed by atoms with Gasteiger partial charge in [0.15, 0.2) is 0 Å². The molecule has 0 amide bonds. The first-order chi connectivity index (χ1) is 10.2. The molecule has 3 nitrogen and oxygen atoms in total. The van der Waals surface area contributed by atoms with Crippen molar-refractivity contribution >= 4 is 0 Å². The van der Waals surface area contributed by atoms with Crippen molar-refractivity contribution in [3.63, 3.8) is 0 Å². The van der Waals surface area contributed by atoms with Gasteiger partial charge < -0.3 is 15.3 Å². The number of hydrogen-bond donors (Lipinski definition) is 0. The van der Waals surface area contributed by atoms with Crippen molar-refractivity contribution in [3.8, 4) is 17.2 Å². The summed E-state index contributed by atoms with van der Waals surface area (Å²) < 4.78 is 0. The fourth-order valence-electron chi connectivity index (χ4n) is 1.26. The summed E-state index contributed by atoms with van der Waals surface area (Å²) in [7, 11) is 0. The summed E-state index contributed by atoms with van der Waals surface area (Å²) in [6.45, 7) is 0. The zero-order valence-electron chi connectivity index (χ0n) is 12.0. The molecule has 3 aromatic rings. The Hall–Kier alpha value is -2.07. The Morgan fingerprint density at radius 1 is 0.364 bits per heavy atom. The number of benzene rings is 3. The van der Waals surface area contributed by atoms with E-state index >= 15 is 0 Å². The van der Waals surface area contributed by atoms with Crippen molar-refractivity contribution in [3.05, 3.63) is 91.0 Å². The molecule has 3 aromatic carbocycles. The van der Waals surface area contributed by atoms with E-state index in [0.29, 0.717) is 0 Å². The average Bonchev–Trinajstić information content (AvgIpc) is 2.51. The Labute approximate surface area is 149 Å². The number of para-hydroxylation sites is 3. The molecule has 0 bridgehead atoms. The van der Waals surface area contributed by atoms with Gasteiger partial charge in [0, 0.05) is 0 Å². The van der Waals surface area contributed by atoms with Gasteiger partial charge in [-0.3, -0.25) is 0 Å². The molecular weight excluding hydrogens is 309 g/mol. The summed E-state index contributed by atoms with van der Waals surface area (Å²) in [4.78, 5) is 0. The third kappa shape index (κ3) is 10.7. The summed E-state index contributed by atoms with van der Waals surface area (Å²) in [6.07, 6.45) is 0. The van der Waals surface area contributed by atoms with Crippen molar-refractivity contribution in [1.82, 2.24) is 0 Å². The molecule has 0 aliphatic heterocycles. The van der Waals surface area contributed by atoms with Gasteiger partial charge in [0.2, 0.25) is 0 Å². The summed E-state index contributed by atoms with van der Waals surface area (Å²) in [6, 6.07) is 25.0. The topological polar surface area (TPSA) is 69.2 Å². The molecule has 0 spiro atoms. The Morgan fingerprint density at radius 3 is 0.636 bits per heavy atom. The van der Waals surface area contributed by atoms with Crippen molar-refractivity contribution in [1.29, 1.82) is 0 Å². The molecule has 0 atom stereocenters. The molecule has 0 radical (unpaired) electrons. The molecule has 0 aliphatic rings. The molecule has 0 N–H and O–H groups in total. The maximum Gasteiger partial charge on any atom is 3.00 e.